The second-order valence-corrected chi connectivity index (χ2v) is 7.32. The second-order valence-electron chi connectivity index (χ2n) is 5.66. The standard InChI is InChI=1S/C12H23N3O4S/c1-14-8-5-10(6-9-14)13-20(18,19)15-7-3-2-4-11(15)12(16)17/h10-11,13H,2-9H2,1H3,(H,16,17). The highest BCUT2D eigenvalue weighted by molar-refractivity contribution is 7.87. The predicted molar refractivity (Wildman–Crippen MR) is 74.6 cm³/mol. The highest BCUT2D eigenvalue weighted by atomic mass is 32.2. The van der Waals surface area contributed by atoms with Crippen molar-refractivity contribution < 1.29 is 18.3 Å². The molecule has 2 fully saturated rings. The molecule has 0 aromatic rings. The Morgan fingerprint density at radius 3 is 2.40 bits per heavy atom. The van der Waals surface area contributed by atoms with E-state index >= 15 is 0 Å². The molecule has 2 aliphatic heterocycles. The van der Waals surface area contributed by atoms with E-state index in [4.69, 9.17) is 0 Å². The number of nitrogens with one attached hydrogen (secondary N) is 1. The first kappa shape index (κ1) is 15.7. The van der Waals surface area contributed by atoms with Crippen molar-refractivity contribution in [2.45, 2.75) is 44.2 Å². The molecule has 0 aliphatic carbocycles. The third kappa shape index (κ3) is 3.69. The fraction of sp³-hybridized carbons (Fsp3) is 0.917. The average Bonchev–Trinajstić information content (AvgIpc) is 2.41. The molecule has 0 amide bonds. The van der Waals surface area contributed by atoms with Crippen molar-refractivity contribution in [3.63, 3.8) is 0 Å². The molecule has 0 bridgehead atoms. The molecule has 1 atom stereocenters. The van der Waals surface area contributed by atoms with Crippen LogP contribution in [0.2, 0.25) is 0 Å². The number of carboxylic acid groups (broad SMARTS) is 1. The number of rotatable bonds is 4. The lowest BCUT2D eigenvalue weighted by Gasteiger charge is -2.35. The van der Waals surface area contributed by atoms with E-state index in [1.165, 1.54) is 0 Å². The number of aliphatic carboxylic acids is 1. The molecule has 0 aromatic heterocycles. The van der Waals surface area contributed by atoms with Gasteiger partial charge in [-0.05, 0) is 52.2 Å². The summed E-state index contributed by atoms with van der Waals surface area (Å²) in [4.78, 5) is 13.4. The normalized spacial score (nSPS) is 27.6. The quantitative estimate of drug-likeness (QED) is 0.754. The Morgan fingerprint density at radius 2 is 1.80 bits per heavy atom. The van der Waals surface area contributed by atoms with Gasteiger partial charge in [0.2, 0.25) is 0 Å². The van der Waals surface area contributed by atoms with Crippen LogP contribution in [-0.4, -0.2) is 67.5 Å². The lowest BCUT2D eigenvalue weighted by Crippen LogP contribution is -2.55. The first-order valence-electron chi connectivity index (χ1n) is 7.10. The number of piperidine rings is 2. The topological polar surface area (TPSA) is 90.0 Å². The smallest absolute Gasteiger partial charge is 0.322 e. The fourth-order valence-electron chi connectivity index (χ4n) is 2.84. The maximum Gasteiger partial charge on any atom is 0.322 e. The van der Waals surface area contributed by atoms with Crippen LogP contribution in [0.4, 0.5) is 0 Å². The van der Waals surface area contributed by atoms with Crippen molar-refractivity contribution in [3.8, 4) is 0 Å². The minimum absolute atomic E-state index is 0.0902. The Morgan fingerprint density at radius 1 is 1.15 bits per heavy atom. The van der Waals surface area contributed by atoms with Crippen LogP contribution in [0, 0.1) is 0 Å². The van der Waals surface area contributed by atoms with Crippen LogP contribution in [0.25, 0.3) is 0 Å². The molecular weight excluding hydrogens is 282 g/mol. The largest absolute Gasteiger partial charge is 0.480 e. The molecule has 0 saturated carbocycles. The van der Waals surface area contributed by atoms with Gasteiger partial charge in [-0.25, -0.2) is 0 Å². The van der Waals surface area contributed by atoms with Crippen molar-refractivity contribution in [1.82, 2.24) is 13.9 Å². The lowest BCUT2D eigenvalue weighted by molar-refractivity contribution is -0.142. The van der Waals surface area contributed by atoms with E-state index in [0.29, 0.717) is 13.0 Å². The van der Waals surface area contributed by atoms with Crippen LogP contribution < -0.4 is 4.72 Å². The number of carbonyl (C=O) groups is 1. The van der Waals surface area contributed by atoms with Crippen LogP contribution in [-0.2, 0) is 15.0 Å². The Bertz CT molecular complexity index is 446. The van der Waals surface area contributed by atoms with Gasteiger partial charge in [0.1, 0.15) is 6.04 Å². The van der Waals surface area contributed by atoms with Gasteiger partial charge in [0.05, 0.1) is 0 Å². The minimum Gasteiger partial charge on any atom is -0.480 e. The maximum atomic E-state index is 12.4. The highest BCUT2D eigenvalue weighted by Crippen LogP contribution is 2.21. The number of nitrogens with zero attached hydrogens (tertiary/aromatic N) is 2. The van der Waals surface area contributed by atoms with E-state index in [0.717, 1.165) is 43.1 Å². The summed E-state index contributed by atoms with van der Waals surface area (Å²) in [5.74, 6) is -1.06. The Labute approximate surface area is 120 Å². The first-order valence-corrected chi connectivity index (χ1v) is 8.54. The first-order chi connectivity index (χ1) is 9.40. The summed E-state index contributed by atoms with van der Waals surface area (Å²) in [6.07, 6.45) is 3.40. The zero-order chi connectivity index (χ0) is 14.8. The van der Waals surface area contributed by atoms with Gasteiger partial charge in [-0.2, -0.15) is 17.4 Å². The average molecular weight is 305 g/mol. The van der Waals surface area contributed by atoms with E-state index in [9.17, 15) is 18.3 Å². The van der Waals surface area contributed by atoms with Gasteiger partial charge in [-0.1, -0.05) is 0 Å². The SMILES string of the molecule is CN1CCC(NS(=O)(=O)N2CCCCC2C(=O)O)CC1. The third-order valence-electron chi connectivity index (χ3n) is 4.08. The van der Waals surface area contributed by atoms with E-state index < -0.39 is 22.2 Å². The third-order valence-corrected chi connectivity index (χ3v) is 5.77. The summed E-state index contributed by atoms with van der Waals surface area (Å²) in [5.41, 5.74) is 0. The molecule has 2 heterocycles. The molecule has 0 spiro atoms. The van der Waals surface area contributed by atoms with E-state index in [2.05, 4.69) is 9.62 Å². The zero-order valence-corrected chi connectivity index (χ0v) is 12.6. The van der Waals surface area contributed by atoms with Crippen molar-refractivity contribution in [2.75, 3.05) is 26.7 Å². The van der Waals surface area contributed by atoms with Crippen molar-refractivity contribution in [3.05, 3.63) is 0 Å². The molecule has 8 heteroatoms. The lowest BCUT2D eigenvalue weighted by atomic mass is 10.1. The number of hydrogen-bond acceptors (Lipinski definition) is 4. The van der Waals surface area contributed by atoms with Crippen molar-refractivity contribution in [1.29, 1.82) is 0 Å². The Hall–Kier alpha value is -0.700. The summed E-state index contributed by atoms with van der Waals surface area (Å²) in [6.45, 7) is 2.00. The van der Waals surface area contributed by atoms with Crippen molar-refractivity contribution >= 4 is 16.2 Å². The molecule has 2 aliphatic rings. The van der Waals surface area contributed by atoms with E-state index in [1.54, 1.807) is 0 Å². The predicted octanol–water partition coefficient (Wildman–Crippen LogP) is -0.146. The number of hydrogen-bond donors (Lipinski definition) is 2. The van der Waals surface area contributed by atoms with Gasteiger partial charge < -0.3 is 10.0 Å². The molecule has 7 nitrogen and oxygen atoms in total. The molecular formula is C12H23N3O4S. The van der Waals surface area contributed by atoms with Gasteiger partial charge in [0, 0.05) is 12.6 Å². The summed E-state index contributed by atoms with van der Waals surface area (Å²) >= 11 is 0. The van der Waals surface area contributed by atoms with Gasteiger partial charge in [-0.3, -0.25) is 4.79 Å². The molecule has 2 saturated heterocycles. The van der Waals surface area contributed by atoms with Crippen LogP contribution >= 0.6 is 0 Å². The summed E-state index contributed by atoms with van der Waals surface area (Å²) in [7, 11) is -1.70. The van der Waals surface area contributed by atoms with Crippen LogP contribution in [0.15, 0.2) is 0 Å². The summed E-state index contributed by atoms with van der Waals surface area (Å²) in [6, 6.07) is -1.01. The second kappa shape index (κ2) is 6.38. The fourth-order valence-corrected chi connectivity index (χ4v) is 4.54. The van der Waals surface area contributed by atoms with Gasteiger partial charge >= 0.3 is 5.97 Å². The molecule has 1 unspecified atom stereocenters. The molecule has 2 N–H and O–H groups in total. The Balaban J connectivity index is 2.02. The minimum atomic E-state index is -3.71. The monoisotopic (exact) mass is 305 g/mol. The van der Waals surface area contributed by atoms with Gasteiger partial charge in [-0.15, -0.1) is 0 Å². The molecule has 2 rings (SSSR count). The van der Waals surface area contributed by atoms with E-state index in [1.807, 2.05) is 7.05 Å². The molecule has 20 heavy (non-hydrogen) atoms. The van der Waals surface area contributed by atoms with Crippen LogP contribution in [0.5, 0.6) is 0 Å². The van der Waals surface area contributed by atoms with Gasteiger partial charge in [0.25, 0.3) is 10.2 Å². The maximum absolute atomic E-state index is 12.4. The number of carboxylic acids is 1. The van der Waals surface area contributed by atoms with Crippen LogP contribution in [0.3, 0.4) is 0 Å². The van der Waals surface area contributed by atoms with Crippen LogP contribution in [0.1, 0.15) is 32.1 Å². The number of likely N-dealkylation sites (tertiary alicyclic amines) is 1. The zero-order valence-electron chi connectivity index (χ0n) is 11.8. The van der Waals surface area contributed by atoms with Gasteiger partial charge in [0.15, 0.2) is 0 Å². The van der Waals surface area contributed by atoms with Crippen molar-refractivity contribution in [2.24, 2.45) is 0 Å². The summed E-state index contributed by atoms with van der Waals surface area (Å²) in [5, 5.41) is 9.17. The molecule has 116 valence electrons. The molecule has 0 radical (unpaired) electrons. The molecule has 0 aromatic carbocycles. The Kier molecular flexibility index (Phi) is 5.00. The highest BCUT2D eigenvalue weighted by Gasteiger charge is 2.37. The summed E-state index contributed by atoms with van der Waals surface area (Å²) < 4.78 is 28.6. The van der Waals surface area contributed by atoms with E-state index in [-0.39, 0.29) is 6.04 Å².